The van der Waals surface area contributed by atoms with Gasteiger partial charge in [0.1, 0.15) is 6.61 Å². The molecule has 1 aromatic carbocycles. The maximum Gasteiger partial charge on any atom is 0.306 e. The third-order valence-corrected chi connectivity index (χ3v) is 5.81. The summed E-state index contributed by atoms with van der Waals surface area (Å²) >= 11 is 0. The van der Waals surface area contributed by atoms with Crippen LogP contribution >= 0.6 is 0 Å². The Labute approximate surface area is 205 Å². The van der Waals surface area contributed by atoms with Crippen molar-refractivity contribution in [3.8, 4) is 11.5 Å². The smallest absolute Gasteiger partial charge is 0.306 e. The second-order valence-electron chi connectivity index (χ2n) is 8.59. The van der Waals surface area contributed by atoms with Gasteiger partial charge in [0, 0.05) is 6.42 Å². The molecule has 0 saturated heterocycles. The summed E-state index contributed by atoms with van der Waals surface area (Å²) in [6.07, 6.45) is 20.5. The molecule has 7 heteroatoms. The Balaban J connectivity index is 2.14. The molecule has 0 aliphatic rings. The van der Waals surface area contributed by atoms with E-state index in [0.717, 1.165) is 32.1 Å². The maximum absolute atomic E-state index is 12.1. The SMILES string of the molecule is CCCCCCCC/C=C\CCCCCCCC(=O)OCc1cc(OC)c(OC)cc1[N+](=O)[O-]. The van der Waals surface area contributed by atoms with Crippen LogP contribution in [0.4, 0.5) is 5.69 Å². The fourth-order valence-electron chi connectivity index (χ4n) is 3.77. The van der Waals surface area contributed by atoms with Gasteiger partial charge in [0.25, 0.3) is 5.69 Å². The summed E-state index contributed by atoms with van der Waals surface area (Å²) in [6.45, 7) is 2.08. The van der Waals surface area contributed by atoms with E-state index in [9.17, 15) is 14.9 Å². The second kappa shape index (κ2) is 18.8. The quantitative estimate of drug-likeness (QED) is 0.0629. The molecule has 0 atom stereocenters. The molecule has 0 amide bonds. The van der Waals surface area contributed by atoms with Crippen molar-refractivity contribution in [3.05, 3.63) is 40.0 Å². The van der Waals surface area contributed by atoms with Crippen molar-refractivity contribution in [1.82, 2.24) is 0 Å². The maximum atomic E-state index is 12.1. The number of hydrogen-bond acceptors (Lipinski definition) is 6. The van der Waals surface area contributed by atoms with E-state index < -0.39 is 4.92 Å². The summed E-state index contributed by atoms with van der Waals surface area (Å²) in [7, 11) is 2.86. The zero-order chi connectivity index (χ0) is 25.0. The Morgan fingerprint density at radius 3 is 1.94 bits per heavy atom. The molecule has 1 aromatic rings. The van der Waals surface area contributed by atoms with Crippen molar-refractivity contribution in [2.45, 2.75) is 103 Å². The molecule has 0 unspecified atom stereocenters. The number of nitro groups is 1. The van der Waals surface area contributed by atoms with E-state index in [1.807, 2.05) is 0 Å². The molecular weight excluding hydrogens is 434 g/mol. The Hall–Kier alpha value is -2.57. The van der Waals surface area contributed by atoms with Crippen molar-refractivity contribution in [2.75, 3.05) is 14.2 Å². The van der Waals surface area contributed by atoms with Crippen molar-refractivity contribution >= 4 is 11.7 Å². The third-order valence-electron chi connectivity index (χ3n) is 5.81. The number of hydrogen-bond donors (Lipinski definition) is 0. The molecule has 0 saturated carbocycles. The Morgan fingerprint density at radius 2 is 1.38 bits per heavy atom. The van der Waals surface area contributed by atoms with E-state index in [4.69, 9.17) is 14.2 Å². The van der Waals surface area contributed by atoms with Crippen LogP contribution < -0.4 is 9.47 Å². The number of nitro benzene ring substituents is 1. The monoisotopic (exact) mass is 477 g/mol. The highest BCUT2D eigenvalue weighted by Gasteiger charge is 2.20. The predicted molar refractivity (Wildman–Crippen MR) is 135 cm³/mol. The number of benzene rings is 1. The molecule has 0 aliphatic carbocycles. The molecule has 192 valence electrons. The standard InChI is InChI=1S/C27H43NO6/c1-4-5-6-7-8-9-10-11-12-13-14-15-16-17-18-19-27(29)34-22-23-20-25(32-2)26(33-3)21-24(23)28(30)31/h11-12,20-21H,4-10,13-19,22H2,1-3H3/b12-11-. The van der Waals surface area contributed by atoms with Crippen LogP contribution in [-0.4, -0.2) is 25.1 Å². The number of rotatable bonds is 20. The summed E-state index contributed by atoms with van der Waals surface area (Å²) in [4.78, 5) is 22.9. The lowest BCUT2D eigenvalue weighted by Gasteiger charge is -2.11. The van der Waals surface area contributed by atoms with Gasteiger partial charge in [-0.15, -0.1) is 0 Å². The topological polar surface area (TPSA) is 87.9 Å². The number of nitrogens with zero attached hydrogens (tertiary/aromatic N) is 1. The van der Waals surface area contributed by atoms with Crippen LogP contribution in [0.5, 0.6) is 11.5 Å². The van der Waals surface area contributed by atoms with Crippen molar-refractivity contribution in [1.29, 1.82) is 0 Å². The van der Waals surface area contributed by atoms with Gasteiger partial charge in [-0.1, -0.05) is 70.4 Å². The Morgan fingerprint density at radius 1 is 0.853 bits per heavy atom. The van der Waals surface area contributed by atoms with Crippen molar-refractivity contribution in [2.24, 2.45) is 0 Å². The first-order chi connectivity index (χ1) is 16.5. The zero-order valence-electron chi connectivity index (χ0n) is 21.3. The van der Waals surface area contributed by atoms with Gasteiger partial charge >= 0.3 is 5.97 Å². The van der Waals surface area contributed by atoms with Crippen LogP contribution in [0.3, 0.4) is 0 Å². The molecule has 0 bridgehead atoms. The second-order valence-corrected chi connectivity index (χ2v) is 8.59. The highest BCUT2D eigenvalue weighted by Crippen LogP contribution is 2.34. The van der Waals surface area contributed by atoms with E-state index in [0.29, 0.717) is 12.2 Å². The average molecular weight is 478 g/mol. The van der Waals surface area contributed by atoms with Gasteiger partial charge < -0.3 is 14.2 Å². The number of esters is 1. The summed E-state index contributed by atoms with van der Waals surface area (Å²) in [5, 5.41) is 11.3. The van der Waals surface area contributed by atoms with E-state index in [1.165, 1.54) is 77.7 Å². The molecule has 34 heavy (non-hydrogen) atoms. The number of ether oxygens (including phenoxy) is 3. The number of carbonyl (C=O) groups is 1. The minimum atomic E-state index is -0.519. The lowest BCUT2D eigenvalue weighted by molar-refractivity contribution is -0.385. The highest BCUT2D eigenvalue weighted by molar-refractivity contribution is 5.69. The minimum absolute atomic E-state index is 0.161. The summed E-state index contributed by atoms with van der Waals surface area (Å²) < 4.78 is 15.6. The lowest BCUT2D eigenvalue weighted by atomic mass is 10.1. The van der Waals surface area contributed by atoms with Crippen LogP contribution in [0.15, 0.2) is 24.3 Å². The summed E-state index contributed by atoms with van der Waals surface area (Å²) in [5.41, 5.74) is 0.118. The molecule has 0 aliphatic heterocycles. The van der Waals surface area contributed by atoms with Crippen LogP contribution in [0.25, 0.3) is 0 Å². The Bertz CT molecular complexity index is 747. The Kier molecular flexibility index (Phi) is 16.3. The van der Waals surface area contributed by atoms with Gasteiger partial charge in [0.2, 0.25) is 0 Å². The first-order valence-electron chi connectivity index (χ1n) is 12.7. The van der Waals surface area contributed by atoms with Gasteiger partial charge in [0.05, 0.1) is 30.8 Å². The van der Waals surface area contributed by atoms with E-state index >= 15 is 0 Å². The third kappa shape index (κ3) is 12.6. The highest BCUT2D eigenvalue weighted by atomic mass is 16.6. The van der Waals surface area contributed by atoms with Crippen LogP contribution in [0.1, 0.15) is 102 Å². The number of allylic oxidation sites excluding steroid dienone is 2. The van der Waals surface area contributed by atoms with Crippen LogP contribution in [-0.2, 0) is 16.1 Å². The first-order valence-corrected chi connectivity index (χ1v) is 12.7. The van der Waals surface area contributed by atoms with Crippen molar-refractivity contribution in [3.63, 3.8) is 0 Å². The molecule has 0 heterocycles. The lowest BCUT2D eigenvalue weighted by Crippen LogP contribution is -2.07. The van der Waals surface area contributed by atoms with Gasteiger partial charge in [0.15, 0.2) is 11.5 Å². The van der Waals surface area contributed by atoms with E-state index in [1.54, 1.807) is 0 Å². The zero-order valence-corrected chi connectivity index (χ0v) is 21.3. The molecule has 0 N–H and O–H groups in total. The summed E-state index contributed by atoms with van der Waals surface area (Å²) in [5.74, 6) is 0.274. The molecule has 0 spiro atoms. The number of unbranched alkanes of at least 4 members (excludes halogenated alkanes) is 11. The molecule has 7 nitrogen and oxygen atoms in total. The fraction of sp³-hybridized carbons (Fsp3) is 0.667. The van der Waals surface area contributed by atoms with Crippen LogP contribution in [0, 0.1) is 10.1 Å². The molecular formula is C27H43NO6. The molecule has 0 fully saturated rings. The van der Waals surface area contributed by atoms with Gasteiger partial charge in [-0.05, 0) is 38.2 Å². The fourth-order valence-corrected chi connectivity index (χ4v) is 3.77. The van der Waals surface area contributed by atoms with Gasteiger partial charge in [-0.25, -0.2) is 0 Å². The van der Waals surface area contributed by atoms with Gasteiger partial charge in [-0.2, -0.15) is 0 Å². The average Bonchev–Trinajstić information content (AvgIpc) is 2.84. The normalized spacial score (nSPS) is 11.0. The largest absolute Gasteiger partial charge is 0.493 e. The molecule has 0 aromatic heterocycles. The summed E-state index contributed by atoms with van der Waals surface area (Å²) in [6, 6.07) is 2.76. The first kappa shape index (κ1) is 29.5. The van der Waals surface area contributed by atoms with Gasteiger partial charge in [-0.3, -0.25) is 14.9 Å². The number of methoxy groups -OCH3 is 2. The van der Waals surface area contributed by atoms with E-state index in [-0.39, 0.29) is 29.6 Å². The van der Waals surface area contributed by atoms with Crippen LogP contribution in [0.2, 0.25) is 0 Å². The predicted octanol–water partition coefficient (Wildman–Crippen LogP) is 7.69. The van der Waals surface area contributed by atoms with Crippen molar-refractivity contribution < 1.29 is 23.9 Å². The molecule has 0 radical (unpaired) electrons. The minimum Gasteiger partial charge on any atom is -0.493 e. The molecule has 1 rings (SSSR count). The van der Waals surface area contributed by atoms with E-state index in [2.05, 4.69) is 19.1 Å². The number of carbonyl (C=O) groups excluding carboxylic acids is 1.